The summed E-state index contributed by atoms with van der Waals surface area (Å²) in [7, 11) is 0. The molecule has 162 valence electrons. The lowest BCUT2D eigenvalue weighted by molar-refractivity contribution is 0.0681. The van der Waals surface area contributed by atoms with Crippen LogP contribution in [0.15, 0.2) is 47.8 Å². The van der Waals surface area contributed by atoms with Crippen LogP contribution in [-0.2, 0) is 11.3 Å². The van der Waals surface area contributed by atoms with Gasteiger partial charge in [0.25, 0.3) is 5.91 Å². The summed E-state index contributed by atoms with van der Waals surface area (Å²) in [5.41, 5.74) is 3.16. The predicted molar refractivity (Wildman–Crippen MR) is 121 cm³/mol. The zero-order valence-electron chi connectivity index (χ0n) is 17.7. The first-order valence-corrected chi connectivity index (χ1v) is 11.2. The lowest BCUT2D eigenvalue weighted by Gasteiger charge is -2.16. The van der Waals surface area contributed by atoms with E-state index in [1.807, 2.05) is 37.4 Å². The maximum atomic E-state index is 12.8. The summed E-state index contributed by atoms with van der Waals surface area (Å²) in [6.45, 7) is 5.64. The van der Waals surface area contributed by atoms with Crippen molar-refractivity contribution in [1.82, 2.24) is 4.98 Å². The molecule has 1 unspecified atom stereocenters. The van der Waals surface area contributed by atoms with Gasteiger partial charge in [0.05, 0.1) is 22.5 Å². The number of nitrogens with zero attached hydrogens (tertiary/aromatic N) is 1. The van der Waals surface area contributed by atoms with Crippen molar-refractivity contribution in [1.29, 1.82) is 0 Å². The van der Waals surface area contributed by atoms with Gasteiger partial charge in [-0.3, -0.25) is 4.79 Å². The van der Waals surface area contributed by atoms with E-state index in [9.17, 15) is 4.79 Å². The second-order valence-corrected chi connectivity index (χ2v) is 8.63. The van der Waals surface area contributed by atoms with Gasteiger partial charge in [-0.05, 0) is 68.7 Å². The van der Waals surface area contributed by atoms with Gasteiger partial charge >= 0.3 is 0 Å². The summed E-state index contributed by atoms with van der Waals surface area (Å²) in [5.74, 6) is 1.15. The third kappa shape index (κ3) is 5.83. The number of carbonyl (C=O) groups excluding carboxylic acids is 1. The Morgan fingerprint density at radius 3 is 2.74 bits per heavy atom. The molecule has 2 heterocycles. The molecule has 1 aliphatic heterocycles. The zero-order valence-corrected chi connectivity index (χ0v) is 18.5. The van der Waals surface area contributed by atoms with Gasteiger partial charge in [0.2, 0.25) is 0 Å². The first-order valence-electron chi connectivity index (χ1n) is 10.4. The van der Waals surface area contributed by atoms with E-state index >= 15 is 0 Å². The highest BCUT2D eigenvalue weighted by Gasteiger charge is 2.17. The monoisotopic (exact) mass is 438 g/mol. The summed E-state index contributed by atoms with van der Waals surface area (Å²) >= 11 is 1.60. The number of aromatic nitrogens is 1. The Balaban J connectivity index is 1.37. The van der Waals surface area contributed by atoms with Gasteiger partial charge in [-0.2, -0.15) is 0 Å². The van der Waals surface area contributed by atoms with E-state index in [2.05, 4.69) is 10.3 Å². The minimum absolute atomic E-state index is 0.116. The van der Waals surface area contributed by atoms with Gasteiger partial charge in [0, 0.05) is 17.6 Å². The van der Waals surface area contributed by atoms with E-state index in [-0.39, 0.29) is 12.0 Å². The smallest absolute Gasteiger partial charge is 0.255 e. The molecule has 1 fully saturated rings. The Kier molecular flexibility index (Phi) is 6.84. The number of thiazole rings is 1. The largest absolute Gasteiger partial charge is 0.489 e. The van der Waals surface area contributed by atoms with Crippen LogP contribution in [-0.4, -0.2) is 30.2 Å². The molecule has 6 nitrogen and oxygen atoms in total. The number of amides is 1. The molecule has 31 heavy (non-hydrogen) atoms. The molecule has 0 spiro atoms. The Labute approximate surface area is 186 Å². The Bertz CT molecular complexity index is 1030. The highest BCUT2D eigenvalue weighted by Crippen LogP contribution is 2.28. The average Bonchev–Trinajstić information content (AvgIpc) is 3.44. The second-order valence-electron chi connectivity index (χ2n) is 7.57. The third-order valence-electron chi connectivity index (χ3n) is 5.00. The van der Waals surface area contributed by atoms with Gasteiger partial charge in [0.15, 0.2) is 0 Å². The molecule has 1 aromatic heterocycles. The van der Waals surface area contributed by atoms with Crippen LogP contribution < -0.4 is 14.8 Å². The molecule has 1 saturated heterocycles. The number of aryl methyl sites for hydroxylation is 2. The van der Waals surface area contributed by atoms with E-state index in [0.29, 0.717) is 36.0 Å². The maximum Gasteiger partial charge on any atom is 0.255 e. The van der Waals surface area contributed by atoms with E-state index in [4.69, 9.17) is 14.2 Å². The van der Waals surface area contributed by atoms with Crippen molar-refractivity contribution in [2.45, 2.75) is 39.4 Å². The summed E-state index contributed by atoms with van der Waals surface area (Å²) in [6.07, 6.45) is 2.18. The zero-order chi connectivity index (χ0) is 21.6. The van der Waals surface area contributed by atoms with Crippen molar-refractivity contribution in [2.75, 3.05) is 18.5 Å². The SMILES string of the molecule is Cc1ccc(NC(=O)c2ccc(OCc3csc(C)n3)cc2)c(OCC2CCCO2)c1. The molecule has 3 aromatic rings. The van der Waals surface area contributed by atoms with Crippen LogP contribution in [0.1, 0.15) is 39.5 Å². The predicted octanol–water partition coefficient (Wildman–Crippen LogP) is 5.15. The number of anilines is 1. The van der Waals surface area contributed by atoms with Gasteiger partial charge in [-0.25, -0.2) is 4.98 Å². The van der Waals surface area contributed by atoms with Crippen LogP contribution in [0.2, 0.25) is 0 Å². The van der Waals surface area contributed by atoms with E-state index in [1.165, 1.54) is 0 Å². The highest BCUT2D eigenvalue weighted by molar-refractivity contribution is 7.09. The highest BCUT2D eigenvalue weighted by atomic mass is 32.1. The fourth-order valence-corrected chi connectivity index (χ4v) is 3.94. The summed E-state index contributed by atoms with van der Waals surface area (Å²) in [4.78, 5) is 17.1. The summed E-state index contributed by atoms with van der Waals surface area (Å²) in [5, 5.41) is 5.95. The van der Waals surface area contributed by atoms with Crippen molar-refractivity contribution < 1.29 is 19.0 Å². The number of nitrogens with one attached hydrogen (secondary N) is 1. The second kappa shape index (κ2) is 9.94. The van der Waals surface area contributed by atoms with Crippen LogP contribution >= 0.6 is 11.3 Å². The van der Waals surface area contributed by atoms with E-state index in [0.717, 1.165) is 35.7 Å². The number of carbonyl (C=O) groups is 1. The molecule has 0 radical (unpaired) electrons. The number of ether oxygens (including phenoxy) is 3. The molecular formula is C24H26N2O4S. The third-order valence-corrected chi connectivity index (χ3v) is 5.83. The fourth-order valence-electron chi connectivity index (χ4n) is 3.34. The molecule has 1 amide bonds. The lowest BCUT2D eigenvalue weighted by atomic mass is 10.1. The summed E-state index contributed by atoms with van der Waals surface area (Å²) < 4.78 is 17.3. The average molecular weight is 439 g/mol. The first-order chi connectivity index (χ1) is 15.1. The first kappa shape index (κ1) is 21.3. The molecule has 7 heteroatoms. The molecule has 0 bridgehead atoms. The van der Waals surface area contributed by atoms with Crippen LogP contribution in [0.3, 0.4) is 0 Å². The lowest BCUT2D eigenvalue weighted by Crippen LogP contribution is -2.18. The van der Waals surface area contributed by atoms with Gasteiger partial charge in [-0.1, -0.05) is 6.07 Å². The van der Waals surface area contributed by atoms with E-state index < -0.39 is 0 Å². The molecule has 0 saturated carbocycles. The molecular weight excluding hydrogens is 412 g/mol. The maximum absolute atomic E-state index is 12.8. The normalized spacial score (nSPS) is 15.6. The number of hydrogen-bond acceptors (Lipinski definition) is 6. The van der Waals surface area contributed by atoms with Crippen LogP contribution in [0.5, 0.6) is 11.5 Å². The molecule has 1 atom stereocenters. The number of rotatable bonds is 8. The molecule has 1 aliphatic rings. The van der Waals surface area contributed by atoms with Crippen molar-refractivity contribution in [3.05, 3.63) is 69.7 Å². The minimum atomic E-state index is -0.201. The van der Waals surface area contributed by atoms with Crippen molar-refractivity contribution in [3.8, 4) is 11.5 Å². The quantitative estimate of drug-likeness (QED) is 0.527. The Morgan fingerprint density at radius 2 is 2.03 bits per heavy atom. The standard InChI is InChI=1S/C24H26N2O4S/c1-16-5-10-22(23(12-16)30-14-21-4-3-11-28-21)26-24(27)18-6-8-20(9-7-18)29-13-19-15-31-17(2)25-19/h5-10,12,15,21H,3-4,11,13-14H2,1-2H3,(H,26,27). The van der Waals surface area contributed by atoms with Crippen molar-refractivity contribution >= 4 is 22.9 Å². The molecule has 2 aromatic carbocycles. The number of hydrogen-bond donors (Lipinski definition) is 1. The van der Waals surface area contributed by atoms with Crippen molar-refractivity contribution in [3.63, 3.8) is 0 Å². The fraction of sp³-hybridized carbons (Fsp3) is 0.333. The van der Waals surface area contributed by atoms with Crippen LogP contribution in [0.4, 0.5) is 5.69 Å². The molecule has 1 N–H and O–H groups in total. The van der Waals surface area contributed by atoms with Gasteiger partial charge in [0.1, 0.15) is 24.7 Å². The Morgan fingerprint density at radius 1 is 1.19 bits per heavy atom. The molecule has 0 aliphatic carbocycles. The number of benzene rings is 2. The molecule has 4 rings (SSSR count). The van der Waals surface area contributed by atoms with E-state index in [1.54, 1.807) is 35.6 Å². The van der Waals surface area contributed by atoms with Crippen LogP contribution in [0, 0.1) is 13.8 Å². The summed E-state index contributed by atoms with van der Waals surface area (Å²) in [6, 6.07) is 12.8. The van der Waals surface area contributed by atoms with Crippen molar-refractivity contribution in [2.24, 2.45) is 0 Å². The topological polar surface area (TPSA) is 69.7 Å². The Hall–Kier alpha value is -2.90. The van der Waals surface area contributed by atoms with Gasteiger partial charge in [-0.15, -0.1) is 11.3 Å². The van der Waals surface area contributed by atoms with Gasteiger partial charge < -0.3 is 19.5 Å². The van der Waals surface area contributed by atoms with Crippen LogP contribution in [0.25, 0.3) is 0 Å². The minimum Gasteiger partial charge on any atom is -0.489 e.